The van der Waals surface area contributed by atoms with Crippen molar-refractivity contribution in [3.8, 4) is 0 Å². The van der Waals surface area contributed by atoms with Gasteiger partial charge >= 0.3 is 6.03 Å². The molecule has 0 saturated heterocycles. The van der Waals surface area contributed by atoms with Gasteiger partial charge < -0.3 is 10.3 Å². The van der Waals surface area contributed by atoms with Gasteiger partial charge in [-0.3, -0.25) is 5.32 Å². The minimum atomic E-state index is -3.97. The van der Waals surface area contributed by atoms with Crippen LogP contribution in [0.4, 0.5) is 15.0 Å². The normalized spacial score (nSPS) is 11.4. The number of fused-ring (bicyclic) bond motifs is 1. The molecule has 9 heteroatoms. The summed E-state index contributed by atoms with van der Waals surface area (Å²) < 4.78 is 40.0. The molecule has 1 heterocycles. The van der Waals surface area contributed by atoms with Crippen molar-refractivity contribution in [1.82, 2.24) is 10.3 Å². The molecule has 0 aliphatic heterocycles. The van der Waals surface area contributed by atoms with Gasteiger partial charge in [0.15, 0.2) is 0 Å². The van der Waals surface area contributed by atoms with Gasteiger partial charge in [0.2, 0.25) is 9.84 Å². The van der Waals surface area contributed by atoms with Gasteiger partial charge in [-0.1, -0.05) is 41.9 Å². The Bertz CT molecular complexity index is 1370. The molecular weight excluding hydrogens is 441 g/mol. The number of carbonyl (C=O) groups excluding carboxylic acids is 1. The number of H-pyrrole nitrogens is 1. The molecule has 31 heavy (non-hydrogen) atoms. The third-order valence-electron chi connectivity index (χ3n) is 4.62. The number of amides is 2. The van der Waals surface area contributed by atoms with Crippen LogP contribution in [0.15, 0.2) is 82.6 Å². The van der Waals surface area contributed by atoms with Crippen LogP contribution in [0.5, 0.6) is 0 Å². The summed E-state index contributed by atoms with van der Waals surface area (Å²) in [5.41, 5.74) is 1.06. The number of anilines is 1. The summed E-state index contributed by atoms with van der Waals surface area (Å²) in [4.78, 5) is 15.4. The highest BCUT2D eigenvalue weighted by molar-refractivity contribution is 7.92. The Balaban J connectivity index is 1.69. The molecule has 6 nitrogen and oxygen atoms in total. The van der Waals surface area contributed by atoms with Crippen LogP contribution in [0.2, 0.25) is 5.02 Å². The SMILES string of the molecule is O=C(NCc1cccc(F)c1)Nc1[nH]c2ccc(Cl)cc2c1S(=O)(=O)c1ccccc1. The smallest absolute Gasteiger partial charge is 0.320 e. The van der Waals surface area contributed by atoms with Gasteiger partial charge in [0.25, 0.3) is 0 Å². The van der Waals surface area contributed by atoms with Crippen LogP contribution in [0, 0.1) is 5.82 Å². The number of aromatic amines is 1. The van der Waals surface area contributed by atoms with Crippen molar-refractivity contribution >= 4 is 44.2 Å². The second-order valence-electron chi connectivity index (χ2n) is 6.77. The third-order valence-corrected chi connectivity index (χ3v) is 6.71. The Morgan fingerprint density at radius 2 is 1.77 bits per heavy atom. The summed E-state index contributed by atoms with van der Waals surface area (Å²) in [6, 6.07) is 17.9. The van der Waals surface area contributed by atoms with Crippen molar-refractivity contribution in [2.75, 3.05) is 5.32 Å². The number of nitrogens with one attached hydrogen (secondary N) is 3. The Morgan fingerprint density at radius 3 is 2.52 bits per heavy atom. The first-order chi connectivity index (χ1) is 14.8. The zero-order chi connectivity index (χ0) is 22.0. The molecule has 0 saturated carbocycles. The average Bonchev–Trinajstić information content (AvgIpc) is 3.10. The zero-order valence-corrected chi connectivity index (χ0v) is 17.6. The number of halogens is 2. The van der Waals surface area contributed by atoms with E-state index in [1.165, 1.54) is 36.4 Å². The minimum absolute atomic E-state index is 0.0119. The van der Waals surface area contributed by atoms with Gasteiger partial charge in [-0.05, 0) is 48.0 Å². The predicted octanol–water partition coefficient (Wildman–Crippen LogP) is 5.11. The van der Waals surface area contributed by atoms with E-state index < -0.39 is 21.7 Å². The van der Waals surface area contributed by atoms with Gasteiger partial charge in [0.05, 0.1) is 4.90 Å². The van der Waals surface area contributed by atoms with Gasteiger partial charge in [-0.2, -0.15) is 0 Å². The summed E-state index contributed by atoms with van der Waals surface area (Å²) in [6.07, 6.45) is 0. The second kappa shape index (κ2) is 8.41. The fourth-order valence-electron chi connectivity index (χ4n) is 3.21. The van der Waals surface area contributed by atoms with Crippen LogP contribution >= 0.6 is 11.6 Å². The van der Waals surface area contributed by atoms with Crippen LogP contribution in [0.1, 0.15) is 5.56 Å². The molecule has 158 valence electrons. The lowest BCUT2D eigenvalue weighted by atomic mass is 10.2. The van der Waals surface area contributed by atoms with Gasteiger partial charge in [-0.15, -0.1) is 0 Å². The maximum absolute atomic E-state index is 13.4. The molecule has 4 aromatic rings. The molecule has 1 aromatic heterocycles. The molecular formula is C22H17ClFN3O3S. The number of hydrogen-bond donors (Lipinski definition) is 3. The summed E-state index contributed by atoms with van der Waals surface area (Å²) in [5.74, 6) is -0.402. The highest BCUT2D eigenvalue weighted by atomic mass is 35.5. The van der Waals surface area contributed by atoms with Crippen molar-refractivity contribution in [2.24, 2.45) is 0 Å². The lowest BCUT2D eigenvalue weighted by Crippen LogP contribution is -2.29. The van der Waals surface area contributed by atoms with Crippen molar-refractivity contribution in [1.29, 1.82) is 0 Å². The van der Waals surface area contributed by atoms with E-state index >= 15 is 0 Å². The molecule has 0 aliphatic rings. The van der Waals surface area contributed by atoms with E-state index in [0.29, 0.717) is 21.5 Å². The molecule has 0 radical (unpaired) electrons. The molecule has 0 spiro atoms. The van der Waals surface area contributed by atoms with Crippen LogP contribution in [-0.4, -0.2) is 19.4 Å². The first-order valence-corrected chi connectivity index (χ1v) is 11.1. The van der Waals surface area contributed by atoms with Crippen LogP contribution in [0.25, 0.3) is 10.9 Å². The Hall–Kier alpha value is -3.36. The average molecular weight is 458 g/mol. The van der Waals surface area contributed by atoms with E-state index in [-0.39, 0.29) is 22.2 Å². The van der Waals surface area contributed by atoms with Gasteiger partial charge in [-0.25, -0.2) is 17.6 Å². The number of sulfone groups is 1. The van der Waals surface area contributed by atoms with E-state index in [2.05, 4.69) is 15.6 Å². The number of rotatable bonds is 5. The molecule has 0 unspecified atom stereocenters. The molecule has 3 N–H and O–H groups in total. The van der Waals surface area contributed by atoms with E-state index in [0.717, 1.165) is 0 Å². The Kier molecular flexibility index (Phi) is 5.67. The second-order valence-corrected chi connectivity index (χ2v) is 9.10. The van der Waals surface area contributed by atoms with Crippen molar-refractivity contribution < 1.29 is 17.6 Å². The third kappa shape index (κ3) is 4.40. The molecule has 4 rings (SSSR count). The topological polar surface area (TPSA) is 91.1 Å². The summed E-state index contributed by atoms with van der Waals surface area (Å²) in [5, 5.41) is 5.87. The van der Waals surface area contributed by atoms with E-state index in [9.17, 15) is 17.6 Å². The molecule has 0 bridgehead atoms. The first-order valence-electron chi connectivity index (χ1n) is 9.25. The molecule has 0 aliphatic carbocycles. The number of carbonyl (C=O) groups is 1. The molecule has 0 atom stereocenters. The number of aromatic nitrogens is 1. The largest absolute Gasteiger partial charge is 0.340 e. The summed E-state index contributed by atoms with van der Waals surface area (Å²) >= 11 is 6.09. The Labute approximate surface area is 183 Å². The standard InChI is InChI=1S/C22H17ClFN3O3S/c23-15-9-10-19-18(12-15)20(31(29,30)17-7-2-1-3-8-17)21(26-19)27-22(28)25-13-14-5-4-6-16(24)11-14/h1-12,26H,13H2,(H2,25,27,28). The maximum atomic E-state index is 13.4. The first kappa shape index (κ1) is 20.9. The Morgan fingerprint density at radius 1 is 1.00 bits per heavy atom. The van der Waals surface area contributed by atoms with Gasteiger partial charge in [0.1, 0.15) is 16.5 Å². The highest BCUT2D eigenvalue weighted by Gasteiger charge is 2.27. The van der Waals surface area contributed by atoms with Crippen LogP contribution in [0.3, 0.4) is 0 Å². The monoisotopic (exact) mass is 457 g/mol. The lowest BCUT2D eigenvalue weighted by molar-refractivity contribution is 0.251. The van der Waals surface area contributed by atoms with Crippen LogP contribution in [-0.2, 0) is 16.4 Å². The summed E-state index contributed by atoms with van der Waals surface area (Å²) in [7, 11) is -3.97. The predicted molar refractivity (Wildman–Crippen MR) is 117 cm³/mol. The zero-order valence-electron chi connectivity index (χ0n) is 16.0. The fraction of sp³-hybridized carbons (Fsp3) is 0.0455. The number of urea groups is 1. The minimum Gasteiger partial charge on any atom is -0.340 e. The fourth-order valence-corrected chi connectivity index (χ4v) is 4.96. The van der Waals surface area contributed by atoms with E-state index in [1.807, 2.05) is 0 Å². The quantitative estimate of drug-likeness (QED) is 0.388. The van der Waals surface area contributed by atoms with E-state index in [1.54, 1.807) is 36.4 Å². The van der Waals surface area contributed by atoms with Gasteiger partial charge in [0, 0.05) is 22.5 Å². The molecule has 2 amide bonds. The van der Waals surface area contributed by atoms with Crippen molar-refractivity contribution in [3.63, 3.8) is 0 Å². The molecule has 3 aromatic carbocycles. The molecule has 0 fully saturated rings. The van der Waals surface area contributed by atoms with Crippen molar-refractivity contribution in [2.45, 2.75) is 16.3 Å². The van der Waals surface area contributed by atoms with Crippen LogP contribution < -0.4 is 10.6 Å². The lowest BCUT2D eigenvalue weighted by Gasteiger charge is -2.10. The maximum Gasteiger partial charge on any atom is 0.320 e. The summed E-state index contributed by atoms with van der Waals surface area (Å²) in [6.45, 7) is 0.0659. The number of benzene rings is 3. The van der Waals surface area contributed by atoms with Crippen molar-refractivity contribution in [3.05, 3.63) is 89.2 Å². The highest BCUT2D eigenvalue weighted by Crippen LogP contribution is 2.36. The number of hydrogen-bond acceptors (Lipinski definition) is 3. The van der Waals surface area contributed by atoms with E-state index in [4.69, 9.17) is 11.6 Å².